The summed E-state index contributed by atoms with van der Waals surface area (Å²) < 4.78 is 3.68. The number of aromatic nitrogens is 4. The number of thiophene rings is 1. The molecule has 4 nitrogen and oxygen atoms in total. The first kappa shape index (κ1) is 39.7. The van der Waals surface area contributed by atoms with Gasteiger partial charge in [0.1, 0.15) is 5.01 Å². The van der Waals surface area contributed by atoms with E-state index in [1.165, 1.54) is 74.6 Å². The van der Waals surface area contributed by atoms with Crippen LogP contribution >= 0.6 is 22.7 Å². The van der Waals surface area contributed by atoms with Gasteiger partial charge in [0.2, 0.25) is 0 Å². The average Bonchev–Trinajstić information content (AvgIpc) is 4.11. The van der Waals surface area contributed by atoms with Crippen LogP contribution < -0.4 is 0 Å². The lowest BCUT2D eigenvalue weighted by Gasteiger charge is -2.33. The highest BCUT2D eigenvalue weighted by molar-refractivity contribution is 7.27. The van der Waals surface area contributed by atoms with E-state index in [2.05, 4.69) is 212 Å². The van der Waals surface area contributed by atoms with E-state index in [4.69, 9.17) is 19.9 Å². The summed E-state index contributed by atoms with van der Waals surface area (Å²) in [5.41, 5.74) is 13.9. The topological polar surface area (TPSA) is 51.6 Å². The van der Waals surface area contributed by atoms with Crippen LogP contribution in [0, 0.1) is 0 Å². The van der Waals surface area contributed by atoms with Gasteiger partial charge in [0.25, 0.3) is 0 Å². The van der Waals surface area contributed by atoms with Crippen molar-refractivity contribution in [3.8, 4) is 67.0 Å². The summed E-state index contributed by atoms with van der Waals surface area (Å²) >= 11 is 3.61. The van der Waals surface area contributed by atoms with E-state index in [9.17, 15) is 0 Å². The Kier molecular flexibility index (Phi) is 9.12. The molecule has 14 rings (SSSR count). The van der Waals surface area contributed by atoms with Gasteiger partial charge < -0.3 is 0 Å². The van der Waals surface area contributed by atoms with Gasteiger partial charge in [0, 0.05) is 42.4 Å². The van der Waals surface area contributed by atoms with Gasteiger partial charge in [-0.05, 0) is 79.5 Å². The molecular formula is C63H38N4S2. The van der Waals surface area contributed by atoms with Crippen molar-refractivity contribution in [2.45, 2.75) is 5.41 Å². The van der Waals surface area contributed by atoms with Gasteiger partial charge in [0.15, 0.2) is 17.5 Å². The quantitative estimate of drug-likeness (QED) is 0.160. The smallest absolute Gasteiger partial charge is 0.164 e. The Morgan fingerprint density at radius 1 is 0.348 bits per heavy atom. The first-order valence-electron chi connectivity index (χ1n) is 23.2. The van der Waals surface area contributed by atoms with Crippen molar-refractivity contribution in [2.24, 2.45) is 0 Å². The molecule has 0 atom stereocenters. The molecular weight excluding hydrogens is 877 g/mol. The Morgan fingerprint density at radius 3 is 1.71 bits per heavy atom. The summed E-state index contributed by atoms with van der Waals surface area (Å²) in [5.74, 6) is 1.88. The lowest BCUT2D eigenvalue weighted by molar-refractivity contribution is 0.768. The second-order valence-electron chi connectivity index (χ2n) is 17.7. The van der Waals surface area contributed by atoms with E-state index in [1.807, 2.05) is 29.5 Å². The Morgan fingerprint density at radius 2 is 0.913 bits per heavy atom. The van der Waals surface area contributed by atoms with Gasteiger partial charge in [0.05, 0.1) is 15.6 Å². The maximum Gasteiger partial charge on any atom is 0.164 e. The molecule has 6 heteroatoms. The Hall–Kier alpha value is -8.42. The van der Waals surface area contributed by atoms with Gasteiger partial charge in [-0.25, -0.2) is 19.9 Å². The molecule has 0 radical (unpaired) electrons. The SMILES string of the molecule is c1ccc(-c2nc(-c3cccc(-c4cccc5sc6c(-c7nc8cc9ccccc9cc8s7)cccc6c45)c3)nc(-c3cccc4c3-c3ccccc3C4(c3ccccc3)c3ccccc3)n2)cc1. The Labute approximate surface area is 406 Å². The molecule has 1 aliphatic rings. The normalized spacial score (nSPS) is 12.8. The maximum absolute atomic E-state index is 5.43. The predicted octanol–water partition coefficient (Wildman–Crippen LogP) is 16.7. The summed E-state index contributed by atoms with van der Waals surface area (Å²) in [6, 6.07) is 82.6. The first-order chi connectivity index (χ1) is 34.2. The van der Waals surface area contributed by atoms with Gasteiger partial charge in [-0.1, -0.05) is 206 Å². The van der Waals surface area contributed by atoms with Crippen LogP contribution in [0.4, 0.5) is 0 Å². The molecule has 0 spiro atoms. The monoisotopic (exact) mass is 914 g/mol. The van der Waals surface area contributed by atoms with E-state index < -0.39 is 5.41 Å². The standard InChI is InChI=1S/C63H38N4S2/c1-4-18-39(19-5-1)59-65-60(67-61(66-59)49-31-16-34-52-56(49)47-28-12-13-33-51(47)63(52,44-24-6-2-7-25-44)45-26-8-3-9-27-45)43-23-14-22-42(36-43)46-29-17-35-54-57(46)48-30-15-32-50(58(48)68-54)62-64-53-37-40-20-10-11-21-41(40)38-55(53)69-62/h1-38H. The van der Waals surface area contributed by atoms with Crippen LogP contribution in [0.3, 0.4) is 0 Å². The number of hydrogen-bond acceptors (Lipinski definition) is 6. The predicted molar refractivity (Wildman–Crippen MR) is 288 cm³/mol. The summed E-state index contributed by atoms with van der Waals surface area (Å²) in [6.45, 7) is 0. The second kappa shape index (κ2) is 15.8. The number of thiazole rings is 1. The zero-order valence-corrected chi connectivity index (χ0v) is 38.7. The third-order valence-corrected chi connectivity index (χ3v) is 16.1. The fourth-order valence-corrected chi connectivity index (χ4v) is 13.2. The summed E-state index contributed by atoms with van der Waals surface area (Å²) in [5, 5.41) is 5.95. The van der Waals surface area contributed by atoms with E-state index in [-0.39, 0.29) is 0 Å². The number of nitrogens with zero attached hydrogens (tertiary/aromatic N) is 4. The highest BCUT2D eigenvalue weighted by Gasteiger charge is 2.47. The second-order valence-corrected chi connectivity index (χ2v) is 19.7. The first-order valence-corrected chi connectivity index (χ1v) is 24.8. The summed E-state index contributed by atoms with van der Waals surface area (Å²) in [4.78, 5) is 21.2. The van der Waals surface area contributed by atoms with Crippen molar-refractivity contribution in [1.82, 2.24) is 19.9 Å². The van der Waals surface area contributed by atoms with Gasteiger partial charge >= 0.3 is 0 Å². The maximum atomic E-state index is 5.43. The molecule has 3 aromatic heterocycles. The molecule has 0 amide bonds. The minimum absolute atomic E-state index is 0.548. The molecule has 10 aromatic carbocycles. The molecule has 13 aromatic rings. The van der Waals surface area contributed by atoms with Crippen LogP contribution in [-0.2, 0) is 5.41 Å². The third-order valence-electron chi connectivity index (χ3n) is 13.8. The van der Waals surface area contributed by atoms with Crippen LogP contribution in [0.25, 0.3) is 108 Å². The largest absolute Gasteiger partial charge is 0.236 e. The van der Waals surface area contributed by atoms with Crippen molar-refractivity contribution in [3.05, 3.63) is 253 Å². The minimum Gasteiger partial charge on any atom is -0.236 e. The molecule has 0 aliphatic heterocycles. The molecule has 322 valence electrons. The molecule has 1 aliphatic carbocycles. The average molecular weight is 915 g/mol. The van der Waals surface area contributed by atoms with Crippen LogP contribution in [0.2, 0.25) is 0 Å². The zero-order chi connectivity index (χ0) is 45.5. The van der Waals surface area contributed by atoms with Crippen molar-refractivity contribution in [3.63, 3.8) is 0 Å². The lowest BCUT2D eigenvalue weighted by Crippen LogP contribution is -2.28. The number of rotatable bonds is 7. The van der Waals surface area contributed by atoms with Gasteiger partial charge in [-0.3, -0.25) is 0 Å². The van der Waals surface area contributed by atoms with Crippen molar-refractivity contribution in [2.75, 3.05) is 0 Å². The lowest BCUT2D eigenvalue weighted by atomic mass is 9.67. The van der Waals surface area contributed by atoms with Crippen molar-refractivity contribution >= 4 is 63.8 Å². The van der Waals surface area contributed by atoms with Crippen molar-refractivity contribution < 1.29 is 0 Å². The minimum atomic E-state index is -0.548. The molecule has 0 N–H and O–H groups in total. The van der Waals surface area contributed by atoms with Crippen LogP contribution in [0.1, 0.15) is 22.3 Å². The molecule has 3 heterocycles. The Balaban J connectivity index is 0.933. The Bertz CT molecular complexity index is 4050. The van der Waals surface area contributed by atoms with E-state index in [0.29, 0.717) is 17.5 Å². The van der Waals surface area contributed by atoms with E-state index >= 15 is 0 Å². The van der Waals surface area contributed by atoms with Crippen LogP contribution in [0.15, 0.2) is 231 Å². The highest BCUT2D eigenvalue weighted by Crippen LogP contribution is 2.58. The molecule has 0 saturated heterocycles. The molecule has 69 heavy (non-hydrogen) atoms. The molecule has 0 saturated carbocycles. The van der Waals surface area contributed by atoms with Gasteiger partial charge in [-0.15, -0.1) is 22.7 Å². The van der Waals surface area contributed by atoms with Crippen molar-refractivity contribution in [1.29, 1.82) is 0 Å². The molecule has 0 bridgehead atoms. The fraction of sp³-hybridized carbons (Fsp3) is 0.0159. The fourth-order valence-electron chi connectivity index (χ4n) is 10.8. The zero-order valence-electron chi connectivity index (χ0n) is 37.0. The highest BCUT2D eigenvalue weighted by atomic mass is 32.1. The van der Waals surface area contributed by atoms with Crippen LogP contribution in [0.5, 0.6) is 0 Å². The summed E-state index contributed by atoms with van der Waals surface area (Å²) in [6.07, 6.45) is 0. The van der Waals surface area contributed by atoms with E-state index in [0.717, 1.165) is 38.3 Å². The number of hydrogen-bond donors (Lipinski definition) is 0. The summed E-state index contributed by atoms with van der Waals surface area (Å²) in [7, 11) is 0. The third kappa shape index (κ3) is 6.26. The van der Waals surface area contributed by atoms with Crippen LogP contribution in [-0.4, -0.2) is 19.9 Å². The van der Waals surface area contributed by atoms with Gasteiger partial charge in [-0.2, -0.15) is 0 Å². The molecule has 0 fully saturated rings. The number of fused-ring (bicyclic) bond motifs is 8. The number of benzene rings is 10. The van der Waals surface area contributed by atoms with E-state index in [1.54, 1.807) is 11.3 Å². The molecule has 0 unspecified atom stereocenters.